The summed E-state index contributed by atoms with van der Waals surface area (Å²) in [4.78, 5) is 26.3. The Morgan fingerprint density at radius 1 is 1.05 bits per heavy atom. The predicted molar refractivity (Wildman–Crippen MR) is 131 cm³/mol. The van der Waals surface area contributed by atoms with Gasteiger partial charge in [0, 0.05) is 32.8 Å². The smallest absolute Gasteiger partial charge is 0.341 e. The summed E-state index contributed by atoms with van der Waals surface area (Å²) in [6.07, 6.45) is -9.72. The van der Waals surface area contributed by atoms with Crippen molar-refractivity contribution in [2.24, 2.45) is 0 Å². The van der Waals surface area contributed by atoms with Gasteiger partial charge in [0.2, 0.25) is 0 Å². The van der Waals surface area contributed by atoms with E-state index in [1.807, 2.05) is 0 Å². The number of benzene rings is 3. The van der Waals surface area contributed by atoms with E-state index in [4.69, 9.17) is 11.6 Å². The highest BCUT2D eigenvalue weighted by atomic mass is 35.5. The molecule has 2 heterocycles. The Morgan fingerprint density at radius 3 is 2.41 bits per heavy atom. The minimum atomic E-state index is -4.99. The molecule has 0 bridgehead atoms. The van der Waals surface area contributed by atoms with Crippen LogP contribution in [0.2, 0.25) is 5.02 Å². The van der Waals surface area contributed by atoms with Crippen LogP contribution >= 0.6 is 11.6 Å². The Kier molecular flexibility index (Phi) is 6.71. The first kappa shape index (κ1) is 28.3. The van der Waals surface area contributed by atoms with Crippen LogP contribution in [0, 0.1) is 18.6 Å². The predicted octanol–water partition coefficient (Wildman–Crippen LogP) is 6.94. The van der Waals surface area contributed by atoms with Crippen molar-refractivity contribution in [2.75, 3.05) is 5.32 Å². The SMILES string of the molecule is Cc1nn(CC(F)(F)F)c2cc(NC(=O)c3cc(F)cc(C(F)(F)F)c3)c3c(c12)C(=O)NC3c1cc(F)ccc1Cl. The summed E-state index contributed by atoms with van der Waals surface area (Å²) < 4.78 is 108. The summed E-state index contributed by atoms with van der Waals surface area (Å²) in [5.41, 5.74) is -2.96. The van der Waals surface area contributed by atoms with Crippen LogP contribution < -0.4 is 10.6 Å². The van der Waals surface area contributed by atoms with Gasteiger partial charge in [-0.15, -0.1) is 0 Å². The first-order chi connectivity index (χ1) is 19.0. The number of carbonyl (C=O) groups is 2. The summed E-state index contributed by atoms with van der Waals surface area (Å²) in [6, 6.07) is 4.18. The number of anilines is 1. The molecule has 1 aliphatic rings. The van der Waals surface area contributed by atoms with Crippen LogP contribution in [0.25, 0.3) is 10.9 Å². The average molecular weight is 603 g/mol. The maximum atomic E-state index is 14.2. The van der Waals surface area contributed by atoms with Gasteiger partial charge in [-0.3, -0.25) is 14.3 Å². The van der Waals surface area contributed by atoms with Crippen molar-refractivity contribution in [1.82, 2.24) is 15.1 Å². The molecule has 6 nitrogen and oxygen atoms in total. The number of halogens is 9. The lowest BCUT2D eigenvalue weighted by Gasteiger charge is -2.19. The molecule has 0 spiro atoms. The number of nitrogens with one attached hydrogen (secondary N) is 2. The third kappa shape index (κ3) is 5.31. The van der Waals surface area contributed by atoms with Crippen molar-refractivity contribution in [3.8, 4) is 0 Å². The lowest BCUT2D eigenvalue weighted by molar-refractivity contribution is -0.142. The van der Waals surface area contributed by atoms with Gasteiger partial charge >= 0.3 is 12.4 Å². The number of alkyl halides is 6. The number of aryl methyl sites for hydroxylation is 1. The average Bonchev–Trinajstić information content (AvgIpc) is 3.35. The van der Waals surface area contributed by atoms with Crippen molar-refractivity contribution in [2.45, 2.75) is 31.9 Å². The highest BCUT2D eigenvalue weighted by Crippen LogP contribution is 2.44. The van der Waals surface area contributed by atoms with Crippen LogP contribution in [-0.4, -0.2) is 27.8 Å². The molecular formula is C26H15ClF8N4O2. The maximum Gasteiger partial charge on any atom is 0.416 e. The number of nitrogens with zero attached hydrogens (tertiary/aromatic N) is 2. The minimum Gasteiger partial charge on any atom is -0.341 e. The van der Waals surface area contributed by atoms with E-state index >= 15 is 0 Å². The van der Waals surface area contributed by atoms with Crippen molar-refractivity contribution < 1.29 is 44.7 Å². The lowest BCUT2D eigenvalue weighted by atomic mass is 9.93. The molecule has 15 heteroatoms. The van der Waals surface area contributed by atoms with Gasteiger partial charge in [0.25, 0.3) is 11.8 Å². The topological polar surface area (TPSA) is 76.0 Å². The highest BCUT2D eigenvalue weighted by Gasteiger charge is 2.39. The van der Waals surface area contributed by atoms with Gasteiger partial charge in [-0.1, -0.05) is 11.6 Å². The van der Waals surface area contributed by atoms with Crippen LogP contribution in [0.1, 0.15) is 49.1 Å². The number of rotatable bonds is 4. The number of hydrogen-bond acceptors (Lipinski definition) is 3. The minimum absolute atomic E-state index is 0.000104. The first-order valence-electron chi connectivity index (χ1n) is 11.6. The summed E-state index contributed by atoms with van der Waals surface area (Å²) in [6.45, 7) is -0.210. The van der Waals surface area contributed by atoms with Crippen LogP contribution in [-0.2, 0) is 12.7 Å². The van der Waals surface area contributed by atoms with Gasteiger partial charge in [-0.25, -0.2) is 8.78 Å². The molecule has 1 aromatic heterocycles. The third-order valence-corrected chi connectivity index (χ3v) is 6.73. The molecule has 0 saturated heterocycles. The Labute approximate surface area is 229 Å². The van der Waals surface area contributed by atoms with E-state index in [2.05, 4.69) is 15.7 Å². The third-order valence-electron chi connectivity index (χ3n) is 6.38. The second-order valence-electron chi connectivity index (χ2n) is 9.22. The molecular weight excluding hydrogens is 588 g/mol. The Morgan fingerprint density at radius 2 is 1.76 bits per heavy atom. The summed E-state index contributed by atoms with van der Waals surface area (Å²) in [5, 5.41) is 8.73. The Bertz CT molecular complexity index is 1750. The van der Waals surface area contributed by atoms with E-state index < -0.39 is 59.5 Å². The van der Waals surface area contributed by atoms with Gasteiger partial charge in [-0.05, 0) is 49.4 Å². The van der Waals surface area contributed by atoms with Gasteiger partial charge in [0.05, 0.1) is 28.4 Å². The van der Waals surface area contributed by atoms with E-state index in [0.29, 0.717) is 16.8 Å². The highest BCUT2D eigenvalue weighted by molar-refractivity contribution is 6.31. The fourth-order valence-electron chi connectivity index (χ4n) is 4.79. The second-order valence-corrected chi connectivity index (χ2v) is 9.63. The quantitative estimate of drug-likeness (QED) is 0.249. The standard InChI is InChI=1S/C26H15ClF8N4O2/c1-10-19-18(39(38-10)9-25(30,31)32)8-17(36-23(40)11-4-12(26(33,34)35)6-14(29)5-11)20-21(19)24(41)37-22(20)15-7-13(28)2-3-16(15)27/h2-8,22H,9H2,1H3,(H,36,40)(H,37,41). The fraction of sp³-hybridized carbons (Fsp3) is 0.192. The zero-order valence-electron chi connectivity index (χ0n) is 20.4. The maximum absolute atomic E-state index is 14.2. The largest absolute Gasteiger partial charge is 0.416 e. The fourth-order valence-corrected chi connectivity index (χ4v) is 5.02. The number of amides is 2. The van der Waals surface area contributed by atoms with E-state index in [1.165, 1.54) is 13.0 Å². The normalized spacial score (nSPS) is 15.3. The summed E-state index contributed by atoms with van der Waals surface area (Å²) in [5.74, 6) is -4.19. The number of hydrogen-bond donors (Lipinski definition) is 2. The molecule has 0 saturated carbocycles. The van der Waals surface area contributed by atoms with E-state index in [9.17, 15) is 44.7 Å². The summed E-state index contributed by atoms with van der Waals surface area (Å²) in [7, 11) is 0. The Balaban J connectivity index is 1.74. The van der Waals surface area contributed by atoms with Crippen LogP contribution in [0.4, 0.5) is 40.8 Å². The van der Waals surface area contributed by atoms with Crippen LogP contribution in [0.5, 0.6) is 0 Å². The molecule has 1 aliphatic heterocycles. The molecule has 1 atom stereocenters. The van der Waals surface area contributed by atoms with Gasteiger partial charge < -0.3 is 10.6 Å². The lowest BCUT2D eigenvalue weighted by Crippen LogP contribution is -2.21. The van der Waals surface area contributed by atoms with Crippen molar-refractivity contribution in [3.63, 3.8) is 0 Å². The summed E-state index contributed by atoms with van der Waals surface area (Å²) >= 11 is 6.25. The van der Waals surface area contributed by atoms with Crippen molar-refractivity contribution >= 4 is 40.0 Å². The molecule has 2 amide bonds. The molecule has 0 aliphatic carbocycles. The zero-order chi connectivity index (χ0) is 30.0. The van der Waals surface area contributed by atoms with Crippen molar-refractivity contribution in [3.05, 3.63) is 92.6 Å². The van der Waals surface area contributed by atoms with Gasteiger partial charge in [-0.2, -0.15) is 31.4 Å². The number of aromatic nitrogens is 2. The van der Waals surface area contributed by atoms with Crippen molar-refractivity contribution in [1.29, 1.82) is 0 Å². The molecule has 4 aromatic rings. The molecule has 5 rings (SSSR count). The zero-order valence-corrected chi connectivity index (χ0v) is 21.2. The molecule has 0 fully saturated rings. The van der Waals surface area contributed by atoms with E-state index in [0.717, 1.165) is 18.2 Å². The molecule has 0 radical (unpaired) electrons. The molecule has 2 N–H and O–H groups in total. The van der Waals surface area contributed by atoms with Gasteiger partial charge in [0.15, 0.2) is 0 Å². The monoisotopic (exact) mass is 602 g/mol. The Hall–Kier alpha value is -4.20. The molecule has 214 valence electrons. The molecule has 3 aromatic carbocycles. The van der Waals surface area contributed by atoms with Gasteiger partial charge in [0.1, 0.15) is 18.2 Å². The van der Waals surface area contributed by atoms with E-state index in [1.54, 1.807) is 0 Å². The number of fused-ring (bicyclic) bond motifs is 3. The molecule has 1 unspecified atom stereocenters. The van der Waals surface area contributed by atoms with E-state index in [-0.39, 0.29) is 50.1 Å². The van der Waals surface area contributed by atoms with Crippen LogP contribution in [0.3, 0.4) is 0 Å². The van der Waals surface area contributed by atoms with Crippen LogP contribution in [0.15, 0.2) is 42.5 Å². The first-order valence-corrected chi connectivity index (χ1v) is 12.0. The second kappa shape index (κ2) is 9.72. The molecule has 41 heavy (non-hydrogen) atoms. The number of carbonyl (C=O) groups excluding carboxylic acids is 2.